The summed E-state index contributed by atoms with van der Waals surface area (Å²) in [4.78, 5) is 4.48. The summed E-state index contributed by atoms with van der Waals surface area (Å²) in [5.41, 5.74) is 3.08. The summed E-state index contributed by atoms with van der Waals surface area (Å²) in [6, 6.07) is 13.8. The van der Waals surface area contributed by atoms with Gasteiger partial charge in [-0.25, -0.2) is 0 Å². The number of nitrogens with zero attached hydrogens (tertiary/aromatic N) is 2. The van der Waals surface area contributed by atoms with E-state index in [2.05, 4.69) is 60.4 Å². The molecule has 0 radical (unpaired) electrons. The van der Waals surface area contributed by atoms with Gasteiger partial charge in [0.2, 0.25) is 5.96 Å². The topological polar surface area (TPSA) is 78.7 Å². The van der Waals surface area contributed by atoms with Crippen molar-refractivity contribution in [1.82, 2.24) is 5.32 Å². The standard InChI is InChI=1S/C28H34N4O2/c1-28(2,3)24-15-8-5-11-21(24)12-9-10-18-30-27(31-20-29)32-22-16-17-25(33-4)26(19-22)34-23-13-6-7-14-23/h5,8,11,15-17,19,23H,6-7,10,13-14,18H2,1-4H3,(H2,30,31,32). The highest BCUT2D eigenvalue weighted by Crippen LogP contribution is 2.34. The van der Waals surface area contributed by atoms with Gasteiger partial charge in [0.15, 0.2) is 17.7 Å². The van der Waals surface area contributed by atoms with E-state index < -0.39 is 0 Å². The minimum atomic E-state index is 0.0376. The maximum atomic E-state index is 9.14. The van der Waals surface area contributed by atoms with E-state index in [1.54, 1.807) is 7.11 Å². The molecule has 34 heavy (non-hydrogen) atoms. The number of hydrogen-bond donors (Lipinski definition) is 2. The second-order valence-electron chi connectivity index (χ2n) is 9.33. The van der Waals surface area contributed by atoms with Gasteiger partial charge < -0.3 is 14.8 Å². The first-order valence-corrected chi connectivity index (χ1v) is 11.8. The van der Waals surface area contributed by atoms with E-state index in [4.69, 9.17) is 14.7 Å². The fraction of sp³-hybridized carbons (Fsp3) is 0.429. The summed E-state index contributed by atoms with van der Waals surface area (Å²) < 4.78 is 11.6. The average Bonchev–Trinajstić information content (AvgIpc) is 3.32. The van der Waals surface area contributed by atoms with Gasteiger partial charge in [0.05, 0.1) is 19.8 Å². The smallest absolute Gasteiger partial charge is 0.209 e. The van der Waals surface area contributed by atoms with Crippen LogP contribution < -0.4 is 20.1 Å². The van der Waals surface area contributed by atoms with Gasteiger partial charge in [0.25, 0.3) is 0 Å². The summed E-state index contributed by atoms with van der Waals surface area (Å²) in [5, 5.41) is 14.9. The number of rotatable bonds is 6. The van der Waals surface area contributed by atoms with Crippen LogP contribution in [0.3, 0.4) is 0 Å². The monoisotopic (exact) mass is 458 g/mol. The Balaban J connectivity index is 1.65. The molecule has 0 amide bonds. The number of hydrogen-bond acceptors (Lipinski definition) is 4. The Morgan fingerprint density at radius 2 is 1.88 bits per heavy atom. The van der Waals surface area contributed by atoms with Crippen molar-refractivity contribution in [3.05, 3.63) is 53.6 Å². The van der Waals surface area contributed by atoms with Crippen molar-refractivity contribution in [3.8, 4) is 29.5 Å². The van der Waals surface area contributed by atoms with E-state index in [1.165, 1.54) is 18.4 Å². The maximum Gasteiger partial charge on any atom is 0.209 e. The van der Waals surface area contributed by atoms with Gasteiger partial charge in [-0.3, -0.25) is 10.3 Å². The number of nitriles is 1. The summed E-state index contributed by atoms with van der Waals surface area (Å²) in [6.07, 6.45) is 7.24. The van der Waals surface area contributed by atoms with E-state index in [1.807, 2.05) is 36.5 Å². The Labute approximate surface area is 203 Å². The van der Waals surface area contributed by atoms with Crippen LogP contribution in [0.1, 0.15) is 64.0 Å². The molecule has 2 aromatic carbocycles. The first-order chi connectivity index (χ1) is 16.4. The van der Waals surface area contributed by atoms with E-state index in [0.717, 1.165) is 24.1 Å². The van der Waals surface area contributed by atoms with Crippen molar-refractivity contribution < 1.29 is 9.47 Å². The van der Waals surface area contributed by atoms with E-state index in [-0.39, 0.29) is 11.5 Å². The minimum absolute atomic E-state index is 0.0376. The molecule has 0 aliphatic heterocycles. The van der Waals surface area contributed by atoms with Crippen LogP contribution in [0.15, 0.2) is 47.5 Å². The molecule has 0 unspecified atom stereocenters. The molecule has 2 aromatic rings. The van der Waals surface area contributed by atoms with Crippen molar-refractivity contribution >= 4 is 11.6 Å². The van der Waals surface area contributed by atoms with E-state index in [9.17, 15) is 0 Å². The summed E-state index contributed by atoms with van der Waals surface area (Å²) in [6.45, 7) is 7.02. The maximum absolute atomic E-state index is 9.14. The number of methoxy groups -OCH3 is 1. The molecule has 0 atom stereocenters. The Kier molecular flexibility index (Phi) is 8.82. The molecule has 0 saturated heterocycles. The molecule has 178 valence electrons. The van der Waals surface area contributed by atoms with Gasteiger partial charge >= 0.3 is 0 Å². The third-order valence-corrected chi connectivity index (χ3v) is 5.66. The molecule has 1 fully saturated rings. The van der Waals surface area contributed by atoms with Crippen molar-refractivity contribution in [2.24, 2.45) is 4.99 Å². The third kappa shape index (κ3) is 7.18. The zero-order valence-corrected chi connectivity index (χ0v) is 20.6. The van der Waals surface area contributed by atoms with Crippen molar-refractivity contribution in [2.45, 2.75) is 64.4 Å². The quantitative estimate of drug-likeness (QED) is 0.147. The highest BCUT2D eigenvalue weighted by molar-refractivity contribution is 5.94. The second-order valence-corrected chi connectivity index (χ2v) is 9.33. The SMILES string of the molecule is COc1ccc(NC(=NCCC#Cc2ccccc2C(C)(C)C)NC#N)cc1OC1CCCC1. The number of ether oxygens (including phenoxy) is 2. The molecule has 6 nitrogen and oxygen atoms in total. The van der Waals surface area contributed by atoms with Gasteiger partial charge in [-0.15, -0.1) is 0 Å². The predicted octanol–water partition coefficient (Wildman–Crippen LogP) is 5.59. The Morgan fingerprint density at radius 1 is 1.12 bits per heavy atom. The zero-order valence-electron chi connectivity index (χ0n) is 20.6. The van der Waals surface area contributed by atoms with Gasteiger partial charge in [-0.05, 0) is 54.9 Å². The molecule has 6 heteroatoms. The predicted molar refractivity (Wildman–Crippen MR) is 137 cm³/mol. The number of guanidine groups is 1. The highest BCUT2D eigenvalue weighted by atomic mass is 16.5. The molecular weight excluding hydrogens is 424 g/mol. The second kappa shape index (κ2) is 12.0. The average molecular weight is 459 g/mol. The number of nitrogens with one attached hydrogen (secondary N) is 2. The van der Waals surface area contributed by atoms with Crippen LogP contribution in [0, 0.1) is 23.3 Å². The number of benzene rings is 2. The van der Waals surface area contributed by atoms with Crippen molar-refractivity contribution in [1.29, 1.82) is 5.26 Å². The van der Waals surface area contributed by atoms with E-state index >= 15 is 0 Å². The van der Waals surface area contributed by atoms with Gasteiger partial charge in [0, 0.05) is 23.7 Å². The van der Waals surface area contributed by atoms with Crippen LogP contribution in [-0.4, -0.2) is 25.7 Å². The molecule has 1 aliphatic rings. The molecular formula is C28H34N4O2. The van der Waals surface area contributed by atoms with Crippen molar-refractivity contribution in [3.63, 3.8) is 0 Å². The van der Waals surface area contributed by atoms with E-state index in [0.29, 0.717) is 30.4 Å². The highest BCUT2D eigenvalue weighted by Gasteiger charge is 2.19. The lowest BCUT2D eigenvalue weighted by molar-refractivity contribution is 0.201. The molecule has 1 aliphatic carbocycles. The summed E-state index contributed by atoms with van der Waals surface area (Å²) >= 11 is 0. The van der Waals surface area contributed by atoms with Crippen LogP contribution in [0.5, 0.6) is 11.5 Å². The number of aliphatic imine (C=N–C) groups is 1. The minimum Gasteiger partial charge on any atom is -0.493 e. The lowest BCUT2D eigenvalue weighted by Gasteiger charge is -2.20. The molecule has 0 bridgehead atoms. The summed E-state index contributed by atoms with van der Waals surface area (Å²) in [5.74, 6) is 8.24. The lowest BCUT2D eigenvalue weighted by Crippen LogP contribution is -2.27. The fourth-order valence-electron chi connectivity index (χ4n) is 3.96. The molecule has 0 heterocycles. The first-order valence-electron chi connectivity index (χ1n) is 11.8. The summed E-state index contributed by atoms with van der Waals surface area (Å²) in [7, 11) is 1.63. The number of anilines is 1. The van der Waals surface area contributed by atoms with Crippen LogP contribution in [0.4, 0.5) is 5.69 Å². The fourth-order valence-corrected chi connectivity index (χ4v) is 3.96. The Bertz CT molecular complexity index is 1090. The van der Waals surface area contributed by atoms with Crippen LogP contribution >= 0.6 is 0 Å². The molecule has 2 N–H and O–H groups in total. The van der Waals surface area contributed by atoms with Crippen LogP contribution in [-0.2, 0) is 5.41 Å². The lowest BCUT2D eigenvalue weighted by atomic mass is 9.84. The molecule has 3 rings (SSSR count). The Hall–Kier alpha value is -3.64. The van der Waals surface area contributed by atoms with Gasteiger partial charge in [0.1, 0.15) is 0 Å². The largest absolute Gasteiger partial charge is 0.493 e. The first kappa shape index (κ1) is 25.0. The van der Waals surface area contributed by atoms with Gasteiger partial charge in [-0.1, -0.05) is 50.8 Å². The Morgan fingerprint density at radius 3 is 2.59 bits per heavy atom. The molecule has 1 saturated carbocycles. The van der Waals surface area contributed by atoms with Crippen molar-refractivity contribution in [2.75, 3.05) is 19.0 Å². The molecule has 0 aromatic heterocycles. The van der Waals surface area contributed by atoms with Gasteiger partial charge in [-0.2, -0.15) is 5.26 Å². The molecule has 0 spiro atoms. The third-order valence-electron chi connectivity index (χ3n) is 5.66. The zero-order chi connectivity index (χ0) is 24.4. The normalized spacial score (nSPS) is 14.0. The van der Waals surface area contributed by atoms with Crippen LogP contribution in [0.25, 0.3) is 0 Å². The van der Waals surface area contributed by atoms with Crippen LogP contribution in [0.2, 0.25) is 0 Å².